The van der Waals surface area contributed by atoms with Crippen molar-refractivity contribution in [1.82, 2.24) is 20.2 Å². The van der Waals surface area contributed by atoms with Gasteiger partial charge in [0, 0.05) is 19.7 Å². The highest BCUT2D eigenvalue weighted by atomic mass is 32.2. The van der Waals surface area contributed by atoms with Crippen molar-refractivity contribution in [2.75, 3.05) is 6.61 Å². The van der Waals surface area contributed by atoms with Crippen LogP contribution < -0.4 is 16.2 Å². The quantitative estimate of drug-likeness (QED) is 0.180. The summed E-state index contributed by atoms with van der Waals surface area (Å²) >= 11 is 0.986. The van der Waals surface area contributed by atoms with E-state index in [1.54, 1.807) is 22.8 Å². The average Bonchev–Trinajstić information content (AvgIpc) is 3.49. The number of hydrogen-bond acceptors (Lipinski definition) is 6. The second-order valence-corrected chi connectivity index (χ2v) is 10.4. The molecule has 39 heavy (non-hydrogen) atoms. The van der Waals surface area contributed by atoms with Crippen LogP contribution in [0.5, 0.6) is 0 Å². The van der Waals surface area contributed by atoms with Gasteiger partial charge in [0.05, 0.1) is 23.6 Å². The van der Waals surface area contributed by atoms with Gasteiger partial charge < -0.3 is 15.4 Å². The molecule has 2 N–H and O–H groups in total. The van der Waals surface area contributed by atoms with Crippen molar-refractivity contribution in [2.24, 2.45) is 0 Å². The molecule has 0 aliphatic carbocycles. The highest BCUT2D eigenvalue weighted by Gasteiger charge is 2.31. The van der Waals surface area contributed by atoms with Crippen LogP contribution in [0.15, 0.2) is 94.9 Å². The minimum atomic E-state index is -1.17. The van der Waals surface area contributed by atoms with Crippen molar-refractivity contribution in [3.05, 3.63) is 106 Å². The lowest BCUT2D eigenvalue weighted by Gasteiger charge is -2.20. The van der Waals surface area contributed by atoms with Crippen molar-refractivity contribution in [2.45, 2.75) is 49.0 Å². The monoisotopic (exact) mass is 542 g/mol. The number of thioether (sulfide) groups is 1. The molecule has 1 fully saturated rings. The summed E-state index contributed by atoms with van der Waals surface area (Å²) in [6, 6.07) is 26.1. The molecule has 1 atom stereocenters. The summed E-state index contributed by atoms with van der Waals surface area (Å²) in [5.41, 5.74) is 2.13. The van der Waals surface area contributed by atoms with Crippen LogP contribution in [-0.2, 0) is 34.0 Å². The SMILES string of the molecule is O=C(NCc1ccccc1)C(Sc1nc2ccccc2c(=O)n1C[C@@H]1CCCO1)C(=O)NCc1ccccc1. The van der Waals surface area contributed by atoms with Gasteiger partial charge in [-0.1, -0.05) is 84.6 Å². The largest absolute Gasteiger partial charge is 0.376 e. The zero-order valence-electron chi connectivity index (χ0n) is 21.4. The molecule has 1 aliphatic heterocycles. The summed E-state index contributed by atoms with van der Waals surface area (Å²) in [4.78, 5) is 45.2. The molecule has 1 saturated heterocycles. The van der Waals surface area contributed by atoms with Gasteiger partial charge in [-0.15, -0.1) is 0 Å². The maximum absolute atomic E-state index is 13.5. The summed E-state index contributed by atoms with van der Waals surface area (Å²) in [5.74, 6) is -0.916. The van der Waals surface area contributed by atoms with Gasteiger partial charge in [0.2, 0.25) is 11.8 Å². The molecule has 5 rings (SSSR count). The first-order valence-electron chi connectivity index (χ1n) is 13.0. The van der Waals surface area contributed by atoms with E-state index < -0.39 is 17.1 Å². The van der Waals surface area contributed by atoms with Gasteiger partial charge in [0.25, 0.3) is 5.56 Å². The highest BCUT2D eigenvalue weighted by molar-refractivity contribution is 8.01. The molecule has 3 aromatic carbocycles. The van der Waals surface area contributed by atoms with Crippen LogP contribution in [0.4, 0.5) is 0 Å². The van der Waals surface area contributed by atoms with Crippen molar-refractivity contribution >= 4 is 34.5 Å². The first kappa shape index (κ1) is 26.6. The van der Waals surface area contributed by atoms with Crippen LogP contribution in [0, 0.1) is 0 Å². The molecule has 2 heterocycles. The number of nitrogens with one attached hydrogen (secondary N) is 2. The fourth-order valence-electron chi connectivity index (χ4n) is 4.48. The Bertz CT molecular complexity index is 1430. The molecule has 200 valence electrons. The van der Waals surface area contributed by atoms with E-state index >= 15 is 0 Å². The Labute approximate surface area is 230 Å². The lowest BCUT2D eigenvalue weighted by Crippen LogP contribution is -2.44. The number of hydrogen-bond donors (Lipinski definition) is 2. The van der Waals surface area contributed by atoms with Crippen LogP contribution in [0.1, 0.15) is 24.0 Å². The van der Waals surface area contributed by atoms with E-state index in [-0.39, 0.29) is 24.8 Å². The van der Waals surface area contributed by atoms with Crippen LogP contribution in [0.2, 0.25) is 0 Å². The lowest BCUT2D eigenvalue weighted by molar-refractivity contribution is -0.128. The van der Waals surface area contributed by atoms with Crippen molar-refractivity contribution in [3.63, 3.8) is 0 Å². The molecule has 2 amide bonds. The van der Waals surface area contributed by atoms with E-state index in [9.17, 15) is 14.4 Å². The maximum Gasteiger partial charge on any atom is 0.262 e. The van der Waals surface area contributed by atoms with Gasteiger partial charge >= 0.3 is 0 Å². The van der Waals surface area contributed by atoms with E-state index in [4.69, 9.17) is 9.72 Å². The minimum absolute atomic E-state index is 0.123. The van der Waals surface area contributed by atoms with Crippen molar-refractivity contribution in [3.8, 4) is 0 Å². The van der Waals surface area contributed by atoms with E-state index in [0.29, 0.717) is 29.2 Å². The number of amides is 2. The second-order valence-electron chi connectivity index (χ2n) is 9.37. The third kappa shape index (κ3) is 6.74. The number of rotatable bonds is 10. The zero-order chi connectivity index (χ0) is 27.0. The molecule has 0 unspecified atom stereocenters. The second kappa shape index (κ2) is 12.7. The summed E-state index contributed by atoms with van der Waals surface area (Å²) < 4.78 is 7.35. The number of fused-ring (bicyclic) bond motifs is 1. The summed E-state index contributed by atoms with van der Waals surface area (Å²) in [5, 5.41) is 5.39. The van der Waals surface area contributed by atoms with E-state index in [1.165, 1.54) is 0 Å². The first-order chi connectivity index (χ1) is 19.1. The van der Waals surface area contributed by atoms with Crippen LogP contribution in [-0.4, -0.2) is 39.3 Å². The number of ether oxygens (including phenoxy) is 1. The first-order valence-corrected chi connectivity index (χ1v) is 13.9. The van der Waals surface area contributed by atoms with E-state index in [1.807, 2.05) is 66.7 Å². The van der Waals surface area contributed by atoms with Crippen molar-refractivity contribution < 1.29 is 14.3 Å². The Morgan fingerprint density at radius 2 is 1.49 bits per heavy atom. The fourth-order valence-corrected chi connectivity index (χ4v) is 5.50. The standard InChI is InChI=1S/C30H30N4O4S/c35-27(31-18-21-10-3-1-4-11-21)26(28(36)32-19-22-12-5-2-6-13-22)39-30-33-25-16-8-7-15-24(25)29(37)34(30)20-23-14-9-17-38-23/h1-8,10-13,15-16,23,26H,9,14,17-20H2,(H,31,35)(H,32,36)/t23-/m0/s1. The molecular formula is C30H30N4O4S. The normalized spacial score (nSPS) is 14.9. The van der Waals surface area contributed by atoms with Gasteiger partial charge in [-0.25, -0.2) is 4.98 Å². The van der Waals surface area contributed by atoms with Crippen LogP contribution >= 0.6 is 11.8 Å². The smallest absolute Gasteiger partial charge is 0.262 e. The lowest BCUT2D eigenvalue weighted by atomic mass is 10.2. The Morgan fingerprint density at radius 3 is 2.08 bits per heavy atom. The molecule has 0 spiro atoms. The number of nitrogens with zero attached hydrogens (tertiary/aromatic N) is 2. The molecule has 0 saturated carbocycles. The van der Waals surface area contributed by atoms with Crippen LogP contribution in [0.25, 0.3) is 10.9 Å². The van der Waals surface area contributed by atoms with Gasteiger partial charge in [0.15, 0.2) is 10.4 Å². The number of benzene rings is 3. The average molecular weight is 543 g/mol. The number of aromatic nitrogens is 2. The molecule has 9 heteroatoms. The Kier molecular flexibility index (Phi) is 8.70. The Balaban J connectivity index is 1.44. The number of para-hydroxylation sites is 1. The summed E-state index contributed by atoms with van der Waals surface area (Å²) in [6.07, 6.45) is 1.64. The fraction of sp³-hybridized carbons (Fsp3) is 0.267. The number of carbonyl (C=O) groups is 2. The molecule has 0 radical (unpaired) electrons. The minimum Gasteiger partial charge on any atom is -0.376 e. The van der Waals surface area contributed by atoms with E-state index in [0.717, 1.165) is 35.7 Å². The summed E-state index contributed by atoms with van der Waals surface area (Å²) in [6.45, 7) is 1.51. The predicted molar refractivity (Wildman–Crippen MR) is 151 cm³/mol. The third-order valence-electron chi connectivity index (χ3n) is 6.56. The molecule has 8 nitrogen and oxygen atoms in total. The van der Waals surface area contributed by atoms with Gasteiger partial charge in [-0.3, -0.25) is 19.0 Å². The maximum atomic E-state index is 13.5. The Morgan fingerprint density at radius 1 is 0.897 bits per heavy atom. The molecule has 0 bridgehead atoms. The van der Waals surface area contributed by atoms with Gasteiger partial charge in [-0.2, -0.15) is 0 Å². The van der Waals surface area contributed by atoms with E-state index in [2.05, 4.69) is 10.6 Å². The van der Waals surface area contributed by atoms with Crippen LogP contribution in [0.3, 0.4) is 0 Å². The Hall–Kier alpha value is -3.95. The highest BCUT2D eigenvalue weighted by Crippen LogP contribution is 2.25. The molecule has 1 aliphatic rings. The zero-order valence-corrected chi connectivity index (χ0v) is 22.2. The predicted octanol–water partition coefficient (Wildman–Crippen LogP) is 3.67. The third-order valence-corrected chi connectivity index (χ3v) is 7.74. The van der Waals surface area contributed by atoms with Gasteiger partial charge in [-0.05, 0) is 36.1 Å². The van der Waals surface area contributed by atoms with Crippen molar-refractivity contribution in [1.29, 1.82) is 0 Å². The topological polar surface area (TPSA) is 102 Å². The molecule has 4 aromatic rings. The summed E-state index contributed by atoms with van der Waals surface area (Å²) in [7, 11) is 0. The molecule has 1 aromatic heterocycles. The van der Waals surface area contributed by atoms with Gasteiger partial charge in [0.1, 0.15) is 0 Å². The number of carbonyl (C=O) groups excluding carboxylic acids is 2. The molecular weight excluding hydrogens is 512 g/mol.